The van der Waals surface area contributed by atoms with Gasteiger partial charge < -0.3 is 20.5 Å². The van der Waals surface area contributed by atoms with E-state index < -0.39 is 0 Å². The van der Waals surface area contributed by atoms with E-state index in [4.69, 9.17) is 15.2 Å². The molecule has 25 heavy (non-hydrogen) atoms. The topological polar surface area (TPSA) is 81.8 Å². The molecule has 1 aromatic heterocycles. The van der Waals surface area contributed by atoms with Crippen LogP contribution in [-0.2, 0) is 6.54 Å². The van der Waals surface area contributed by atoms with E-state index in [1.165, 1.54) is 0 Å². The lowest BCUT2D eigenvalue weighted by Crippen LogP contribution is -2.32. The summed E-state index contributed by atoms with van der Waals surface area (Å²) in [5, 5.41) is 2.99. The lowest BCUT2D eigenvalue weighted by Gasteiger charge is -2.08. The van der Waals surface area contributed by atoms with Gasteiger partial charge in [-0.2, -0.15) is 0 Å². The fraction of sp³-hybridized carbons (Fsp3) is 0.263. The molecule has 0 bridgehead atoms. The van der Waals surface area contributed by atoms with Crippen molar-refractivity contribution in [2.75, 3.05) is 13.2 Å². The van der Waals surface area contributed by atoms with Crippen LogP contribution in [0.2, 0.25) is 0 Å². The summed E-state index contributed by atoms with van der Waals surface area (Å²) >= 11 is 0. The summed E-state index contributed by atoms with van der Waals surface area (Å²) in [5.41, 5.74) is 7.76. The van der Waals surface area contributed by atoms with E-state index in [0.29, 0.717) is 37.3 Å². The van der Waals surface area contributed by atoms with E-state index >= 15 is 0 Å². The standard InChI is InChI=1S/C19H24N4O2/c1-4-24-16-5-7-17(8-6-16)25-18-11-15(9-10-21-18)13-23-19(20)22-12-14(2)3/h5-11H,2,4,12-13H2,1,3H3,(H3,20,22,23). The zero-order valence-electron chi connectivity index (χ0n) is 14.7. The van der Waals surface area contributed by atoms with Gasteiger partial charge in [-0.05, 0) is 49.7 Å². The highest BCUT2D eigenvalue weighted by Gasteiger charge is 2.02. The van der Waals surface area contributed by atoms with Crippen LogP contribution in [0.25, 0.3) is 0 Å². The van der Waals surface area contributed by atoms with Crippen LogP contribution in [0.3, 0.4) is 0 Å². The van der Waals surface area contributed by atoms with Crippen molar-refractivity contribution in [1.82, 2.24) is 10.3 Å². The number of nitrogens with one attached hydrogen (secondary N) is 1. The van der Waals surface area contributed by atoms with Gasteiger partial charge in [-0.3, -0.25) is 0 Å². The summed E-state index contributed by atoms with van der Waals surface area (Å²) in [6.45, 7) is 9.36. The molecule has 0 saturated heterocycles. The lowest BCUT2D eigenvalue weighted by atomic mass is 10.2. The van der Waals surface area contributed by atoms with Crippen LogP contribution < -0.4 is 20.5 Å². The van der Waals surface area contributed by atoms with E-state index in [9.17, 15) is 0 Å². The molecule has 0 radical (unpaired) electrons. The van der Waals surface area contributed by atoms with E-state index in [0.717, 1.165) is 16.9 Å². The second-order valence-electron chi connectivity index (χ2n) is 5.52. The van der Waals surface area contributed by atoms with Crippen LogP contribution in [-0.4, -0.2) is 24.1 Å². The molecule has 0 fully saturated rings. The smallest absolute Gasteiger partial charge is 0.219 e. The Bertz CT molecular complexity index is 726. The second kappa shape index (κ2) is 9.32. The number of nitrogens with two attached hydrogens (primary N) is 1. The number of aliphatic imine (C=N–C) groups is 1. The minimum Gasteiger partial charge on any atom is -0.494 e. The van der Waals surface area contributed by atoms with Gasteiger partial charge >= 0.3 is 0 Å². The Morgan fingerprint density at radius 3 is 2.64 bits per heavy atom. The molecule has 0 atom stereocenters. The predicted molar refractivity (Wildman–Crippen MR) is 100 cm³/mol. The van der Waals surface area contributed by atoms with Crippen LogP contribution >= 0.6 is 0 Å². The van der Waals surface area contributed by atoms with Gasteiger partial charge in [0.1, 0.15) is 11.5 Å². The monoisotopic (exact) mass is 340 g/mol. The van der Waals surface area contributed by atoms with Crippen molar-refractivity contribution in [3.8, 4) is 17.4 Å². The van der Waals surface area contributed by atoms with Crippen LogP contribution in [0.5, 0.6) is 17.4 Å². The van der Waals surface area contributed by atoms with Crippen molar-refractivity contribution in [3.63, 3.8) is 0 Å². The minimum absolute atomic E-state index is 0.383. The fourth-order valence-corrected chi connectivity index (χ4v) is 1.97. The summed E-state index contributed by atoms with van der Waals surface area (Å²) in [6, 6.07) is 11.1. The third kappa shape index (κ3) is 6.55. The zero-order valence-corrected chi connectivity index (χ0v) is 14.7. The van der Waals surface area contributed by atoms with Gasteiger partial charge in [0.15, 0.2) is 5.96 Å². The highest BCUT2D eigenvalue weighted by atomic mass is 16.5. The average Bonchev–Trinajstić information content (AvgIpc) is 2.60. The molecule has 0 amide bonds. The molecule has 1 aromatic carbocycles. The van der Waals surface area contributed by atoms with Gasteiger partial charge in [0.2, 0.25) is 5.88 Å². The zero-order chi connectivity index (χ0) is 18.1. The predicted octanol–water partition coefficient (Wildman–Crippen LogP) is 3.25. The number of rotatable bonds is 8. The Hall–Kier alpha value is -3.02. The fourth-order valence-electron chi connectivity index (χ4n) is 1.97. The number of pyridine rings is 1. The lowest BCUT2D eigenvalue weighted by molar-refractivity contribution is 0.339. The van der Waals surface area contributed by atoms with Gasteiger partial charge in [-0.25, -0.2) is 9.98 Å². The Morgan fingerprint density at radius 2 is 1.96 bits per heavy atom. The molecule has 132 valence electrons. The number of aromatic nitrogens is 1. The molecular weight excluding hydrogens is 316 g/mol. The number of benzene rings is 1. The molecular formula is C19H24N4O2. The van der Waals surface area contributed by atoms with Crippen LogP contribution in [0, 0.1) is 0 Å². The first kappa shape index (κ1) is 18.3. The molecule has 0 aliphatic heterocycles. The normalized spacial score (nSPS) is 11.0. The molecule has 0 spiro atoms. The average molecular weight is 340 g/mol. The third-order valence-electron chi connectivity index (χ3n) is 3.16. The highest BCUT2D eigenvalue weighted by molar-refractivity contribution is 5.78. The summed E-state index contributed by atoms with van der Waals surface area (Å²) in [4.78, 5) is 8.51. The number of guanidine groups is 1. The van der Waals surface area contributed by atoms with E-state index in [-0.39, 0.29) is 0 Å². The van der Waals surface area contributed by atoms with Crippen LogP contribution in [0.4, 0.5) is 0 Å². The molecule has 0 aliphatic carbocycles. The number of hydrogen-bond donors (Lipinski definition) is 2. The Balaban J connectivity index is 1.96. The van der Waals surface area contributed by atoms with Crippen molar-refractivity contribution in [2.24, 2.45) is 10.7 Å². The first-order valence-corrected chi connectivity index (χ1v) is 8.10. The van der Waals surface area contributed by atoms with Crippen LogP contribution in [0.1, 0.15) is 19.4 Å². The molecule has 6 nitrogen and oxygen atoms in total. The molecule has 2 aromatic rings. The summed E-state index contributed by atoms with van der Waals surface area (Å²) in [5.74, 6) is 2.39. The van der Waals surface area contributed by atoms with E-state index in [1.54, 1.807) is 6.20 Å². The molecule has 0 saturated carbocycles. The SMILES string of the molecule is C=C(C)CNC(N)=NCc1ccnc(Oc2ccc(OCC)cc2)c1. The van der Waals surface area contributed by atoms with Crippen LogP contribution in [0.15, 0.2) is 59.7 Å². The molecule has 1 heterocycles. The summed E-state index contributed by atoms with van der Waals surface area (Å²) in [6.07, 6.45) is 1.69. The number of hydrogen-bond acceptors (Lipinski definition) is 4. The van der Waals surface area contributed by atoms with Gasteiger partial charge in [-0.1, -0.05) is 12.2 Å². The van der Waals surface area contributed by atoms with Crippen molar-refractivity contribution >= 4 is 5.96 Å². The van der Waals surface area contributed by atoms with Crippen molar-refractivity contribution in [1.29, 1.82) is 0 Å². The molecule has 3 N–H and O–H groups in total. The van der Waals surface area contributed by atoms with Crippen molar-refractivity contribution in [3.05, 3.63) is 60.3 Å². The number of ether oxygens (including phenoxy) is 2. The maximum Gasteiger partial charge on any atom is 0.219 e. The molecule has 0 aliphatic rings. The van der Waals surface area contributed by atoms with E-state index in [2.05, 4.69) is 21.9 Å². The van der Waals surface area contributed by atoms with Crippen molar-refractivity contribution < 1.29 is 9.47 Å². The van der Waals surface area contributed by atoms with E-state index in [1.807, 2.05) is 50.2 Å². The second-order valence-corrected chi connectivity index (χ2v) is 5.52. The van der Waals surface area contributed by atoms with Gasteiger partial charge in [0, 0.05) is 18.8 Å². The maximum absolute atomic E-state index is 5.81. The molecule has 0 unspecified atom stereocenters. The van der Waals surface area contributed by atoms with Gasteiger partial charge in [0.25, 0.3) is 0 Å². The third-order valence-corrected chi connectivity index (χ3v) is 3.16. The largest absolute Gasteiger partial charge is 0.494 e. The highest BCUT2D eigenvalue weighted by Crippen LogP contribution is 2.23. The maximum atomic E-state index is 5.81. The van der Waals surface area contributed by atoms with Gasteiger partial charge in [-0.15, -0.1) is 0 Å². The number of nitrogens with zero attached hydrogens (tertiary/aromatic N) is 2. The Morgan fingerprint density at radius 1 is 1.24 bits per heavy atom. The quantitative estimate of drug-likeness (QED) is 0.438. The Kier molecular flexibility index (Phi) is 6.83. The molecule has 6 heteroatoms. The first-order chi connectivity index (χ1) is 12.1. The molecule has 2 rings (SSSR count). The van der Waals surface area contributed by atoms with Crippen molar-refractivity contribution in [2.45, 2.75) is 20.4 Å². The summed E-state index contributed by atoms with van der Waals surface area (Å²) in [7, 11) is 0. The minimum atomic E-state index is 0.383. The summed E-state index contributed by atoms with van der Waals surface area (Å²) < 4.78 is 11.2. The van der Waals surface area contributed by atoms with Gasteiger partial charge in [0.05, 0.1) is 13.2 Å². The Labute approximate surface area is 148 Å². The first-order valence-electron chi connectivity index (χ1n) is 8.10.